The molecule has 4 rings (SSSR count). The van der Waals surface area contributed by atoms with Crippen LogP contribution in [0.4, 0.5) is 5.69 Å². The number of carbonyl (C=O) groups is 3. The van der Waals surface area contributed by atoms with Crippen molar-refractivity contribution < 1.29 is 19.1 Å². The zero-order valence-electron chi connectivity index (χ0n) is 20.2. The van der Waals surface area contributed by atoms with E-state index in [9.17, 15) is 14.4 Å². The van der Waals surface area contributed by atoms with Crippen LogP contribution in [0.15, 0.2) is 48.5 Å². The highest BCUT2D eigenvalue weighted by Gasteiger charge is 2.44. The molecule has 2 aliphatic rings. The van der Waals surface area contributed by atoms with Crippen LogP contribution in [0.3, 0.4) is 0 Å². The SMILES string of the molecule is Cc1ccc(C(=O)N(CCN2CCOCC2)C2CC(=O)N(c3ccc(C(C)C)cc3)C2=O)cc1. The summed E-state index contributed by atoms with van der Waals surface area (Å²) in [5, 5.41) is 0. The number of amides is 3. The third-order valence-corrected chi connectivity index (χ3v) is 6.64. The minimum Gasteiger partial charge on any atom is -0.379 e. The van der Waals surface area contributed by atoms with Gasteiger partial charge in [-0.1, -0.05) is 43.7 Å². The van der Waals surface area contributed by atoms with E-state index in [1.807, 2.05) is 43.3 Å². The van der Waals surface area contributed by atoms with E-state index in [2.05, 4.69) is 18.7 Å². The molecule has 2 heterocycles. The van der Waals surface area contributed by atoms with Gasteiger partial charge in [-0.25, -0.2) is 4.90 Å². The van der Waals surface area contributed by atoms with Gasteiger partial charge in [0.25, 0.3) is 11.8 Å². The first-order valence-electron chi connectivity index (χ1n) is 12.0. The predicted molar refractivity (Wildman–Crippen MR) is 131 cm³/mol. The fraction of sp³-hybridized carbons (Fsp3) is 0.444. The van der Waals surface area contributed by atoms with Crippen LogP contribution >= 0.6 is 0 Å². The summed E-state index contributed by atoms with van der Waals surface area (Å²) in [6.45, 7) is 10.1. The highest BCUT2D eigenvalue weighted by Crippen LogP contribution is 2.28. The number of carbonyl (C=O) groups excluding carboxylic acids is 3. The molecule has 7 nitrogen and oxygen atoms in total. The lowest BCUT2D eigenvalue weighted by Gasteiger charge is -2.32. The van der Waals surface area contributed by atoms with Crippen molar-refractivity contribution in [3.05, 3.63) is 65.2 Å². The van der Waals surface area contributed by atoms with E-state index in [0.717, 1.165) is 24.2 Å². The second-order valence-corrected chi connectivity index (χ2v) is 9.35. The van der Waals surface area contributed by atoms with Crippen molar-refractivity contribution in [2.75, 3.05) is 44.3 Å². The van der Waals surface area contributed by atoms with E-state index < -0.39 is 6.04 Å². The van der Waals surface area contributed by atoms with Gasteiger partial charge in [-0.2, -0.15) is 0 Å². The number of rotatable bonds is 7. The van der Waals surface area contributed by atoms with Crippen molar-refractivity contribution in [2.24, 2.45) is 0 Å². The van der Waals surface area contributed by atoms with Gasteiger partial charge in [0, 0.05) is 31.7 Å². The number of aryl methyl sites for hydroxylation is 1. The third kappa shape index (κ3) is 5.21. The standard InChI is InChI=1S/C27H33N3O4/c1-19(2)21-8-10-23(11-9-21)30-25(31)18-24(27(30)33)29(13-12-28-14-16-34-17-15-28)26(32)22-6-4-20(3)5-7-22/h4-11,19,24H,12-18H2,1-3H3. The summed E-state index contributed by atoms with van der Waals surface area (Å²) < 4.78 is 5.42. The number of imide groups is 1. The summed E-state index contributed by atoms with van der Waals surface area (Å²) in [4.78, 5) is 45.0. The highest BCUT2D eigenvalue weighted by atomic mass is 16.5. The van der Waals surface area contributed by atoms with Crippen LogP contribution in [0, 0.1) is 6.92 Å². The smallest absolute Gasteiger partial charge is 0.257 e. The van der Waals surface area contributed by atoms with E-state index in [1.165, 1.54) is 4.90 Å². The maximum Gasteiger partial charge on any atom is 0.257 e. The minimum absolute atomic E-state index is 0.00845. The zero-order chi connectivity index (χ0) is 24.2. The van der Waals surface area contributed by atoms with E-state index in [4.69, 9.17) is 4.74 Å². The second kappa shape index (κ2) is 10.5. The molecule has 0 radical (unpaired) electrons. The molecule has 2 aromatic rings. The summed E-state index contributed by atoms with van der Waals surface area (Å²) in [6.07, 6.45) is -0.00845. The van der Waals surface area contributed by atoms with Crippen LogP contribution in [0.25, 0.3) is 0 Å². The molecule has 1 atom stereocenters. The first kappa shape index (κ1) is 24.1. The average Bonchev–Trinajstić information content (AvgIpc) is 3.13. The van der Waals surface area contributed by atoms with Gasteiger partial charge >= 0.3 is 0 Å². The van der Waals surface area contributed by atoms with E-state index >= 15 is 0 Å². The average molecular weight is 464 g/mol. The number of hydrogen-bond donors (Lipinski definition) is 0. The molecule has 34 heavy (non-hydrogen) atoms. The summed E-state index contributed by atoms with van der Waals surface area (Å²) in [5.41, 5.74) is 3.27. The van der Waals surface area contributed by atoms with Crippen LogP contribution in [-0.2, 0) is 14.3 Å². The molecular weight excluding hydrogens is 430 g/mol. The summed E-state index contributed by atoms with van der Waals surface area (Å²) in [7, 11) is 0. The quantitative estimate of drug-likeness (QED) is 0.590. The Bertz CT molecular complexity index is 1030. The molecular formula is C27H33N3O4. The van der Waals surface area contributed by atoms with Gasteiger partial charge in [0.1, 0.15) is 6.04 Å². The Balaban J connectivity index is 1.57. The molecule has 0 bridgehead atoms. The number of benzene rings is 2. The Morgan fingerprint density at radius 1 is 1.03 bits per heavy atom. The van der Waals surface area contributed by atoms with Crippen molar-refractivity contribution in [3.63, 3.8) is 0 Å². The molecule has 3 amide bonds. The largest absolute Gasteiger partial charge is 0.379 e. The molecule has 1 unspecified atom stereocenters. The summed E-state index contributed by atoms with van der Waals surface area (Å²) in [6, 6.07) is 14.0. The Morgan fingerprint density at radius 3 is 2.29 bits per heavy atom. The first-order chi connectivity index (χ1) is 16.3. The molecule has 0 aromatic heterocycles. The Morgan fingerprint density at radius 2 is 1.68 bits per heavy atom. The fourth-order valence-electron chi connectivity index (χ4n) is 4.47. The number of nitrogens with zero attached hydrogens (tertiary/aromatic N) is 3. The highest BCUT2D eigenvalue weighted by molar-refractivity contribution is 6.23. The maximum atomic E-state index is 13.5. The lowest BCUT2D eigenvalue weighted by molar-refractivity contribution is -0.122. The third-order valence-electron chi connectivity index (χ3n) is 6.64. The molecule has 2 aromatic carbocycles. The van der Waals surface area contributed by atoms with E-state index in [0.29, 0.717) is 43.5 Å². The van der Waals surface area contributed by atoms with Crippen LogP contribution in [0.1, 0.15) is 47.7 Å². The van der Waals surface area contributed by atoms with Crippen LogP contribution in [-0.4, -0.2) is 73.0 Å². The molecule has 180 valence electrons. The van der Waals surface area contributed by atoms with Gasteiger partial charge in [0.05, 0.1) is 25.3 Å². The van der Waals surface area contributed by atoms with Crippen molar-refractivity contribution in [1.82, 2.24) is 9.80 Å². The fourth-order valence-corrected chi connectivity index (χ4v) is 4.47. The summed E-state index contributed by atoms with van der Waals surface area (Å²) in [5.74, 6) is -0.490. The van der Waals surface area contributed by atoms with Gasteiger partial charge in [0.15, 0.2) is 0 Å². The molecule has 2 saturated heterocycles. The number of morpholine rings is 1. The lowest BCUT2D eigenvalue weighted by Crippen LogP contribution is -2.49. The molecule has 0 saturated carbocycles. The molecule has 0 spiro atoms. The molecule has 7 heteroatoms. The second-order valence-electron chi connectivity index (χ2n) is 9.35. The lowest BCUT2D eigenvalue weighted by atomic mass is 10.0. The number of hydrogen-bond acceptors (Lipinski definition) is 5. The van der Waals surface area contributed by atoms with Crippen molar-refractivity contribution in [3.8, 4) is 0 Å². The predicted octanol–water partition coefficient (Wildman–Crippen LogP) is 3.22. The number of ether oxygens (including phenoxy) is 1. The Hall–Kier alpha value is -3.03. The van der Waals surface area contributed by atoms with Crippen molar-refractivity contribution in [2.45, 2.75) is 39.2 Å². The topological polar surface area (TPSA) is 70.2 Å². The maximum absolute atomic E-state index is 13.5. The summed E-state index contributed by atoms with van der Waals surface area (Å²) >= 11 is 0. The van der Waals surface area contributed by atoms with Gasteiger partial charge in [0.2, 0.25) is 5.91 Å². The monoisotopic (exact) mass is 463 g/mol. The zero-order valence-corrected chi connectivity index (χ0v) is 20.2. The van der Waals surface area contributed by atoms with Crippen molar-refractivity contribution in [1.29, 1.82) is 0 Å². The van der Waals surface area contributed by atoms with Gasteiger partial charge in [-0.15, -0.1) is 0 Å². The van der Waals surface area contributed by atoms with Crippen molar-refractivity contribution >= 4 is 23.4 Å². The van der Waals surface area contributed by atoms with Crippen LogP contribution in [0.2, 0.25) is 0 Å². The van der Waals surface area contributed by atoms with Crippen LogP contribution < -0.4 is 4.90 Å². The van der Waals surface area contributed by atoms with Gasteiger partial charge in [-0.05, 0) is 42.7 Å². The Kier molecular flexibility index (Phi) is 7.44. The molecule has 2 aliphatic heterocycles. The normalized spacial score (nSPS) is 19.2. The first-order valence-corrected chi connectivity index (χ1v) is 12.0. The van der Waals surface area contributed by atoms with Gasteiger partial charge < -0.3 is 9.64 Å². The molecule has 2 fully saturated rings. The molecule has 0 N–H and O–H groups in total. The number of anilines is 1. The molecule has 0 aliphatic carbocycles. The van der Waals surface area contributed by atoms with E-state index in [-0.39, 0.29) is 24.1 Å². The van der Waals surface area contributed by atoms with E-state index in [1.54, 1.807) is 17.0 Å². The van der Waals surface area contributed by atoms with Crippen LogP contribution in [0.5, 0.6) is 0 Å². The van der Waals surface area contributed by atoms with Gasteiger partial charge in [-0.3, -0.25) is 19.3 Å². The Labute approximate surface area is 201 Å². The minimum atomic E-state index is -0.813.